The SMILES string of the molecule is Cc1ccc(CC(CC(N)=O)c2cccc(C[C@@H](C)NC[C@@H](O)c3ccc(O)c(CO)c3)c2)cc1C. The van der Waals surface area contributed by atoms with Crippen molar-refractivity contribution in [3.63, 3.8) is 0 Å². The second-order valence-electron chi connectivity index (χ2n) is 9.81. The first-order valence-corrected chi connectivity index (χ1v) is 12.4. The highest BCUT2D eigenvalue weighted by molar-refractivity contribution is 5.74. The summed E-state index contributed by atoms with van der Waals surface area (Å²) in [5, 5.41) is 33.0. The summed E-state index contributed by atoms with van der Waals surface area (Å²) in [5.41, 5.74) is 12.5. The van der Waals surface area contributed by atoms with Crippen LogP contribution < -0.4 is 11.1 Å². The molecule has 0 saturated heterocycles. The van der Waals surface area contributed by atoms with Gasteiger partial charge in [-0.1, -0.05) is 48.5 Å². The van der Waals surface area contributed by atoms with Gasteiger partial charge in [-0.25, -0.2) is 0 Å². The Bertz CT molecular complexity index is 1180. The number of primary amides is 1. The molecular formula is C30H38N2O4. The van der Waals surface area contributed by atoms with Gasteiger partial charge < -0.3 is 26.4 Å². The molecule has 0 saturated carbocycles. The average molecular weight is 491 g/mol. The molecule has 3 atom stereocenters. The van der Waals surface area contributed by atoms with Crippen molar-refractivity contribution in [1.29, 1.82) is 0 Å². The molecule has 0 spiro atoms. The fourth-order valence-corrected chi connectivity index (χ4v) is 4.54. The van der Waals surface area contributed by atoms with Crippen molar-refractivity contribution in [3.8, 4) is 5.75 Å². The zero-order valence-electron chi connectivity index (χ0n) is 21.4. The number of hydrogen-bond donors (Lipinski definition) is 5. The lowest BCUT2D eigenvalue weighted by molar-refractivity contribution is -0.118. The fourth-order valence-electron chi connectivity index (χ4n) is 4.54. The van der Waals surface area contributed by atoms with Gasteiger partial charge in [-0.05, 0) is 85.0 Å². The summed E-state index contributed by atoms with van der Waals surface area (Å²) >= 11 is 0. The maximum absolute atomic E-state index is 11.8. The summed E-state index contributed by atoms with van der Waals surface area (Å²) in [6.07, 6.45) is 1.03. The Morgan fingerprint density at radius 2 is 1.69 bits per heavy atom. The number of aromatic hydroxyl groups is 1. The van der Waals surface area contributed by atoms with Crippen molar-refractivity contribution >= 4 is 5.91 Å². The summed E-state index contributed by atoms with van der Waals surface area (Å²) in [6, 6.07) is 19.6. The standard InChI is InChI=1S/C30H38N2O4/c1-19-7-8-23(11-20(19)2)14-26(16-30(31)36)24-6-4-5-22(13-24)12-21(3)32-17-29(35)25-9-10-28(34)27(15-25)18-33/h4-11,13,15,21,26,29,32-35H,12,14,16-18H2,1-3H3,(H2,31,36)/t21-,26?,29-/m1/s1. The van der Waals surface area contributed by atoms with Gasteiger partial charge in [-0.2, -0.15) is 0 Å². The zero-order chi connectivity index (χ0) is 26.2. The largest absolute Gasteiger partial charge is 0.508 e. The van der Waals surface area contributed by atoms with Crippen molar-refractivity contribution in [3.05, 3.63) is 99.6 Å². The number of aryl methyl sites for hydroxylation is 2. The van der Waals surface area contributed by atoms with Gasteiger partial charge in [0.25, 0.3) is 0 Å². The first-order chi connectivity index (χ1) is 17.2. The Morgan fingerprint density at radius 3 is 2.39 bits per heavy atom. The number of benzene rings is 3. The topological polar surface area (TPSA) is 116 Å². The van der Waals surface area contributed by atoms with Gasteiger partial charge in [0.2, 0.25) is 5.91 Å². The molecule has 3 aromatic carbocycles. The van der Waals surface area contributed by atoms with Gasteiger partial charge in [0.15, 0.2) is 0 Å². The Balaban J connectivity index is 1.65. The van der Waals surface area contributed by atoms with Crippen LogP contribution in [0.25, 0.3) is 0 Å². The van der Waals surface area contributed by atoms with Crippen LogP contribution in [0.5, 0.6) is 5.75 Å². The number of hydrogen-bond acceptors (Lipinski definition) is 5. The highest BCUT2D eigenvalue weighted by atomic mass is 16.3. The van der Waals surface area contributed by atoms with Crippen LogP contribution in [0, 0.1) is 13.8 Å². The van der Waals surface area contributed by atoms with Crippen molar-refractivity contribution in [1.82, 2.24) is 5.32 Å². The van der Waals surface area contributed by atoms with Crippen molar-refractivity contribution < 1.29 is 20.1 Å². The van der Waals surface area contributed by atoms with Crippen LogP contribution in [0.3, 0.4) is 0 Å². The number of nitrogens with two attached hydrogens (primary N) is 1. The number of phenols is 1. The number of amides is 1. The minimum atomic E-state index is -0.761. The molecule has 0 aromatic heterocycles. The van der Waals surface area contributed by atoms with E-state index < -0.39 is 6.10 Å². The number of aliphatic hydroxyl groups excluding tert-OH is 2. The van der Waals surface area contributed by atoms with E-state index in [0.29, 0.717) is 24.1 Å². The zero-order valence-corrected chi connectivity index (χ0v) is 21.4. The molecule has 6 N–H and O–H groups in total. The second-order valence-corrected chi connectivity index (χ2v) is 9.81. The highest BCUT2D eigenvalue weighted by Gasteiger charge is 2.17. The molecule has 1 amide bonds. The predicted octanol–water partition coefficient (Wildman–Crippen LogP) is 3.96. The second kappa shape index (κ2) is 12.7. The molecule has 192 valence electrons. The molecule has 3 aromatic rings. The van der Waals surface area contributed by atoms with E-state index in [-0.39, 0.29) is 30.2 Å². The van der Waals surface area contributed by atoms with E-state index in [0.717, 1.165) is 24.0 Å². The van der Waals surface area contributed by atoms with Gasteiger partial charge in [0, 0.05) is 24.6 Å². The summed E-state index contributed by atoms with van der Waals surface area (Å²) in [6.45, 7) is 6.31. The molecule has 0 aliphatic rings. The summed E-state index contributed by atoms with van der Waals surface area (Å²) in [7, 11) is 0. The third-order valence-corrected chi connectivity index (χ3v) is 6.78. The third kappa shape index (κ3) is 7.65. The van der Waals surface area contributed by atoms with E-state index in [2.05, 4.69) is 62.5 Å². The lowest BCUT2D eigenvalue weighted by Gasteiger charge is -2.20. The van der Waals surface area contributed by atoms with E-state index in [4.69, 9.17) is 5.73 Å². The molecule has 6 nitrogen and oxygen atoms in total. The Morgan fingerprint density at radius 1 is 0.944 bits per heavy atom. The summed E-state index contributed by atoms with van der Waals surface area (Å²) < 4.78 is 0. The number of carbonyl (C=O) groups excluding carboxylic acids is 1. The number of nitrogens with one attached hydrogen (secondary N) is 1. The Hall–Kier alpha value is -3.19. The van der Waals surface area contributed by atoms with E-state index in [1.54, 1.807) is 12.1 Å². The number of rotatable bonds is 12. The van der Waals surface area contributed by atoms with Crippen molar-refractivity contribution in [2.75, 3.05) is 6.54 Å². The minimum absolute atomic E-state index is 0.00450. The normalized spacial score (nSPS) is 13.8. The van der Waals surface area contributed by atoms with Crippen LogP contribution in [0.15, 0.2) is 60.7 Å². The van der Waals surface area contributed by atoms with Crippen LogP contribution in [-0.2, 0) is 24.2 Å². The Kier molecular flexibility index (Phi) is 9.65. The van der Waals surface area contributed by atoms with Crippen LogP contribution in [0.1, 0.15) is 64.3 Å². The van der Waals surface area contributed by atoms with Crippen molar-refractivity contribution in [2.45, 2.75) is 64.7 Å². The molecule has 0 aliphatic carbocycles. The van der Waals surface area contributed by atoms with Gasteiger partial charge in [0.1, 0.15) is 5.75 Å². The minimum Gasteiger partial charge on any atom is -0.508 e. The molecule has 0 radical (unpaired) electrons. The first-order valence-electron chi connectivity index (χ1n) is 12.4. The van der Waals surface area contributed by atoms with Gasteiger partial charge >= 0.3 is 0 Å². The first kappa shape index (κ1) is 27.4. The van der Waals surface area contributed by atoms with Gasteiger partial charge in [0.05, 0.1) is 12.7 Å². The molecule has 1 unspecified atom stereocenters. The molecule has 0 fully saturated rings. The highest BCUT2D eigenvalue weighted by Crippen LogP contribution is 2.27. The molecule has 3 rings (SSSR count). The lowest BCUT2D eigenvalue weighted by Crippen LogP contribution is -2.32. The summed E-state index contributed by atoms with van der Waals surface area (Å²) in [5.74, 6) is -0.288. The molecule has 36 heavy (non-hydrogen) atoms. The maximum atomic E-state index is 11.8. The third-order valence-electron chi connectivity index (χ3n) is 6.78. The fraction of sp³-hybridized carbons (Fsp3) is 0.367. The number of aliphatic hydroxyl groups is 2. The van der Waals surface area contributed by atoms with Crippen LogP contribution in [0.4, 0.5) is 0 Å². The van der Waals surface area contributed by atoms with Gasteiger partial charge in [-0.3, -0.25) is 4.79 Å². The van der Waals surface area contributed by atoms with Crippen molar-refractivity contribution in [2.24, 2.45) is 5.73 Å². The number of carbonyl (C=O) groups is 1. The molecule has 6 heteroatoms. The van der Waals surface area contributed by atoms with Crippen LogP contribution in [0.2, 0.25) is 0 Å². The van der Waals surface area contributed by atoms with E-state index in [9.17, 15) is 20.1 Å². The smallest absolute Gasteiger partial charge is 0.218 e. The molecule has 0 heterocycles. The maximum Gasteiger partial charge on any atom is 0.218 e. The van der Waals surface area contributed by atoms with E-state index in [1.807, 2.05) is 6.07 Å². The van der Waals surface area contributed by atoms with E-state index in [1.165, 1.54) is 22.8 Å². The average Bonchev–Trinajstić information content (AvgIpc) is 2.84. The Labute approximate surface area is 213 Å². The molecule has 0 aliphatic heterocycles. The quantitative estimate of drug-likeness (QED) is 0.264. The van der Waals surface area contributed by atoms with Crippen LogP contribution in [-0.4, -0.2) is 33.8 Å². The lowest BCUT2D eigenvalue weighted by atomic mass is 9.87. The van der Waals surface area contributed by atoms with E-state index >= 15 is 0 Å². The molecule has 0 bridgehead atoms. The van der Waals surface area contributed by atoms with Crippen LogP contribution >= 0.6 is 0 Å². The molecular weight excluding hydrogens is 452 g/mol. The van der Waals surface area contributed by atoms with Gasteiger partial charge in [-0.15, -0.1) is 0 Å². The summed E-state index contributed by atoms with van der Waals surface area (Å²) in [4.78, 5) is 11.8. The predicted molar refractivity (Wildman–Crippen MR) is 143 cm³/mol. The monoisotopic (exact) mass is 490 g/mol.